The van der Waals surface area contributed by atoms with Gasteiger partial charge in [-0.3, -0.25) is 4.79 Å². The highest BCUT2D eigenvalue weighted by Gasteiger charge is 2.37. The molecule has 0 saturated carbocycles. The predicted octanol–water partition coefficient (Wildman–Crippen LogP) is 6.29. The number of methoxy groups -OCH3 is 1. The summed E-state index contributed by atoms with van der Waals surface area (Å²) in [6.45, 7) is 1.79. The highest BCUT2D eigenvalue weighted by atomic mass is 32.2. The Morgan fingerprint density at radius 3 is 2.09 bits per heavy atom. The number of thiocarbonyl (C=S) groups is 1. The van der Waals surface area contributed by atoms with Crippen molar-refractivity contribution in [1.82, 2.24) is 5.32 Å². The van der Waals surface area contributed by atoms with E-state index in [2.05, 4.69) is 5.32 Å². The number of nitrogens with one attached hydrogen (secondary N) is 1. The molecule has 33 heavy (non-hydrogen) atoms. The molecule has 0 aromatic heterocycles. The molecule has 1 amide bonds. The van der Waals surface area contributed by atoms with Gasteiger partial charge in [0.2, 0.25) is 0 Å². The third-order valence-corrected chi connectivity index (χ3v) is 5.58. The van der Waals surface area contributed by atoms with E-state index in [0.29, 0.717) is 17.7 Å². The average Bonchev–Trinajstić information content (AvgIpc) is 3.03. The van der Waals surface area contributed by atoms with Crippen LogP contribution in [-0.2, 0) is 17.1 Å². The number of halogens is 6. The Labute approximate surface area is 193 Å². The molecular weight excluding hydrogens is 492 g/mol. The van der Waals surface area contributed by atoms with Crippen LogP contribution in [0.15, 0.2) is 35.2 Å². The number of hydrogen-bond acceptors (Lipinski definition) is 5. The van der Waals surface area contributed by atoms with Crippen LogP contribution in [0.5, 0.6) is 11.5 Å². The lowest BCUT2D eigenvalue weighted by Crippen LogP contribution is -2.17. The van der Waals surface area contributed by atoms with Crippen molar-refractivity contribution in [3.8, 4) is 22.6 Å². The zero-order chi connectivity index (χ0) is 24.6. The fraction of sp³-hybridized carbons (Fsp3) is 0.238. The van der Waals surface area contributed by atoms with Crippen LogP contribution in [0.2, 0.25) is 0 Å². The van der Waals surface area contributed by atoms with Crippen LogP contribution in [-0.4, -0.2) is 23.9 Å². The van der Waals surface area contributed by atoms with Gasteiger partial charge in [-0.1, -0.05) is 24.0 Å². The maximum atomic E-state index is 13.4. The number of alkyl halides is 6. The first kappa shape index (κ1) is 24.9. The van der Waals surface area contributed by atoms with Crippen molar-refractivity contribution >= 4 is 40.3 Å². The molecule has 1 aliphatic heterocycles. The zero-order valence-corrected chi connectivity index (χ0v) is 18.6. The van der Waals surface area contributed by atoms with Crippen molar-refractivity contribution < 1.29 is 40.6 Å². The molecule has 2 aromatic rings. The Bertz CT molecular complexity index is 1110. The summed E-state index contributed by atoms with van der Waals surface area (Å²) in [5.74, 6) is -0.439. The van der Waals surface area contributed by atoms with Crippen molar-refractivity contribution in [2.24, 2.45) is 0 Å². The summed E-state index contributed by atoms with van der Waals surface area (Å²) in [6, 6.07) is 4.04. The molecule has 0 bridgehead atoms. The summed E-state index contributed by atoms with van der Waals surface area (Å²) in [5.41, 5.74) is -3.09. The summed E-state index contributed by atoms with van der Waals surface area (Å²) in [7, 11) is 1.22. The summed E-state index contributed by atoms with van der Waals surface area (Å²) >= 11 is 5.90. The number of hydrogen-bond donors (Lipinski definition) is 1. The molecule has 4 nitrogen and oxygen atoms in total. The predicted molar refractivity (Wildman–Crippen MR) is 116 cm³/mol. The topological polar surface area (TPSA) is 47.6 Å². The van der Waals surface area contributed by atoms with Crippen LogP contribution >= 0.6 is 24.0 Å². The van der Waals surface area contributed by atoms with E-state index in [1.165, 1.54) is 25.3 Å². The van der Waals surface area contributed by atoms with Crippen LogP contribution in [0.25, 0.3) is 17.2 Å². The second kappa shape index (κ2) is 9.26. The largest absolute Gasteiger partial charge is 0.492 e. The highest BCUT2D eigenvalue weighted by molar-refractivity contribution is 8.26. The summed E-state index contributed by atoms with van der Waals surface area (Å²) in [4.78, 5) is 12.2. The van der Waals surface area contributed by atoms with Gasteiger partial charge < -0.3 is 14.8 Å². The van der Waals surface area contributed by atoms with Crippen LogP contribution < -0.4 is 14.8 Å². The van der Waals surface area contributed by atoms with Gasteiger partial charge in [-0.15, -0.1) is 0 Å². The van der Waals surface area contributed by atoms with Gasteiger partial charge in [-0.25, -0.2) is 0 Å². The molecule has 12 heteroatoms. The van der Waals surface area contributed by atoms with E-state index in [1.54, 1.807) is 6.92 Å². The molecule has 0 aliphatic carbocycles. The van der Waals surface area contributed by atoms with Crippen molar-refractivity contribution in [1.29, 1.82) is 0 Å². The third-order valence-electron chi connectivity index (χ3n) is 4.42. The van der Waals surface area contributed by atoms with E-state index in [-0.39, 0.29) is 44.5 Å². The molecule has 0 spiro atoms. The number of ether oxygens (including phenoxy) is 2. The van der Waals surface area contributed by atoms with Gasteiger partial charge >= 0.3 is 12.4 Å². The molecule has 1 heterocycles. The number of carbonyl (C=O) groups is 1. The maximum Gasteiger partial charge on any atom is 0.416 e. The van der Waals surface area contributed by atoms with Gasteiger partial charge in [0.15, 0.2) is 11.5 Å². The van der Waals surface area contributed by atoms with Crippen LogP contribution in [0.1, 0.15) is 23.6 Å². The van der Waals surface area contributed by atoms with Crippen LogP contribution in [0.4, 0.5) is 26.3 Å². The Morgan fingerprint density at radius 2 is 1.64 bits per heavy atom. The van der Waals surface area contributed by atoms with E-state index in [4.69, 9.17) is 21.7 Å². The maximum absolute atomic E-state index is 13.4. The molecule has 2 aromatic carbocycles. The van der Waals surface area contributed by atoms with E-state index < -0.39 is 29.4 Å². The van der Waals surface area contributed by atoms with E-state index in [1.807, 2.05) is 0 Å². The Kier molecular flexibility index (Phi) is 6.99. The molecule has 176 valence electrons. The second-order valence-electron chi connectivity index (χ2n) is 6.68. The number of amides is 1. The van der Waals surface area contributed by atoms with Crippen molar-refractivity contribution in [3.05, 3.63) is 51.9 Å². The summed E-state index contributed by atoms with van der Waals surface area (Å²) < 4.78 is 91.2. The second-order valence-corrected chi connectivity index (χ2v) is 8.40. The normalized spacial score (nSPS) is 15.7. The molecule has 1 aliphatic rings. The summed E-state index contributed by atoms with van der Waals surface area (Å²) in [5, 5.41) is 2.43. The molecule has 0 radical (unpaired) electrons. The van der Waals surface area contributed by atoms with Gasteiger partial charge in [0.1, 0.15) is 4.32 Å². The third kappa shape index (κ3) is 5.61. The van der Waals surface area contributed by atoms with E-state index >= 15 is 0 Å². The van der Waals surface area contributed by atoms with Gasteiger partial charge in [0, 0.05) is 5.56 Å². The summed E-state index contributed by atoms with van der Waals surface area (Å²) in [6.07, 6.45) is -8.62. The van der Waals surface area contributed by atoms with Crippen molar-refractivity contribution in [3.63, 3.8) is 0 Å². The minimum atomic E-state index is -5.01. The fourth-order valence-electron chi connectivity index (χ4n) is 3.08. The number of benzene rings is 2. The van der Waals surface area contributed by atoms with Gasteiger partial charge in [-0.05, 0) is 54.5 Å². The van der Waals surface area contributed by atoms with Gasteiger partial charge in [-0.2, -0.15) is 26.3 Å². The highest BCUT2D eigenvalue weighted by Crippen LogP contribution is 2.44. The Morgan fingerprint density at radius 1 is 1.03 bits per heavy atom. The number of thioether (sulfide) groups is 1. The number of rotatable bonds is 5. The first-order valence-electron chi connectivity index (χ1n) is 9.23. The fourth-order valence-corrected chi connectivity index (χ4v) is 4.12. The Hall–Kier alpha value is -2.73. The minimum Gasteiger partial charge on any atom is -0.492 e. The molecule has 3 rings (SSSR count). The lowest BCUT2D eigenvalue weighted by Gasteiger charge is -2.18. The van der Waals surface area contributed by atoms with E-state index in [9.17, 15) is 31.1 Å². The SMILES string of the molecule is CCOc1cc(C=C2SC(=S)NC2=O)cc(-c2cc(C(F)(F)F)cc(C(F)(F)F)c2)c1OC. The lowest BCUT2D eigenvalue weighted by atomic mass is 9.96. The smallest absolute Gasteiger partial charge is 0.416 e. The first-order chi connectivity index (χ1) is 15.3. The van der Waals surface area contributed by atoms with Crippen molar-refractivity contribution in [2.45, 2.75) is 19.3 Å². The first-order valence-corrected chi connectivity index (χ1v) is 10.5. The standard InChI is InChI=1S/C21H15F6NO3S2/c1-3-31-15-5-10(6-16-18(29)28-19(32)33-16)4-14(17(15)30-2)11-7-12(20(22,23)24)9-13(8-11)21(25,26)27/h4-9H,3H2,1-2H3,(H,28,29,32). The van der Waals surface area contributed by atoms with Crippen LogP contribution in [0.3, 0.4) is 0 Å². The Balaban J connectivity index is 2.29. The van der Waals surface area contributed by atoms with E-state index in [0.717, 1.165) is 11.8 Å². The zero-order valence-electron chi connectivity index (χ0n) is 17.0. The average molecular weight is 507 g/mol. The molecule has 1 fully saturated rings. The van der Waals surface area contributed by atoms with Gasteiger partial charge in [0.05, 0.1) is 29.7 Å². The lowest BCUT2D eigenvalue weighted by molar-refractivity contribution is -0.143. The molecule has 0 atom stereocenters. The van der Waals surface area contributed by atoms with Crippen LogP contribution in [0, 0.1) is 0 Å². The molecule has 1 N–H and O–H groups in total. The van der Waals surface area contributed by atoms with Crippen molar-refractivity contribution in [2.75, 3.05) is 13.7 Å². The quantitative estimate of drug-likeness (QED) is 0.293. The minimum absolute atomic E-state index is 0.0473. The number of carbonyl (C=O) groups excluding carboxylic acids is 1. The molecular formula is C21H15F6NO3S2. The van der Waals surface area contributed by atoms with Gasteiger partial charge in [0.25, 0.3) is 5.91 Å². The monoisotopic (exact) mass is 507 g/mol. The molecule has 1 saturated heterocycles. The molecule has 0 unspecified atom stereocenters.